The van der Waals surface area contributed by atoms with E-state index in [2.05, 4.69) is 15.4 Å². The van der Waals surface area contributed by atoms with Crippen molar-refractivity contribution < 1.29 is 14.7 Å². The highest BCUT2D eigenvalue weighted by molar-refractivity contribution is 5.94. The molecular weight excluding hydrogens is 368 g/mol. The molecule has 0 aliphatic rings. The molecule has 1 atom stereocenters. The van der Waals surface area contributed by atoms with Gasteiger partial charge in [-0.25, -0.2) is 9.67 Å². The molecule has 1 unspecified atom stereocenters. The van der Waals surface area contributed by atoms with E-state index >= 15 is 0 Å². The lowest BCUT2D eigenvalue weighted by Crippen LogP contribution is -2.34. The second-order valence-corrected chi connectivity index (χ2v) is 7.18. The Labute approximate surface area is 169 Å². The molecule has 2 N–H and O–H groups in total. The SMILES string of the molecule is Cc1cccc(CC(CNC(=O)c2ccc(-n3nc(C)cc3C)nc2)C(=O)O)c1. The Balaban J connectivity index is 1.64. The number of pyridine rings is 1. The quantitative estimate of drug-likeness (QED) is 0.644. The number of carbonyl (C=O) groups excluding carboxylic acids is 1. The van der Waals surface area contributed by atoms with Gasteiger partial charge >= 0.3 is 5.97 Å². The van der Waals surface area contributed by atoms with Crippen molar-refractivity contribution in [2.45, 2.75) is 27.2 Å². The molecule has 0 aliphatic heterocycles. The second kappa shape index (κ2) is 8.68. The van der Waals surface area contributed by atoms with Gasteiger partial charge in [0.15, 0.2) is 5.82 Å². The van der Waals surface area contributed by atoms with Crippen molar-refractivity contribution in [3.8, 4) is 5.82 Å². The second-order valence-electron chi connectivity index (χ2n) is 7.18. The van der Waals surface area contributed by atoms with Gasteiger partial charge in [0.25, 0.3) is 5.91 Å². The molecule has 2 aromatic heterocycles. The molecule has 0 saturated heterocycles. The Hall–Kier alpha value is -3.48. The van der Waals surface area contributed by atoms with Gasteiger partial charge < -0.3 is 10.4 Å². The van der Waals surface area contributed by atoms with Gasteiger partial charge in [-0.1, -0.05) is 29.8 Å². The maximum absolute atomic E-state index is 12.4. The fourth-order valence-corrected chi connectivity index (χ4v) is 3.19. The highest BCUT2D eigenvalue weighted by Gasteiger charge is 2.20. The first-order valence-corrected chi connectivity index (χ1v) is 9.39. The Bertz CT molecular complexity index is 1020. The van der Waals surface area contributed by atoms with Crippen molar-refractivity contribution in [1.29, 1.82) is 0 Å². The number of nitrogens with zero attached hydrogens (tertiary/aromatic N) is 3. The van der Waals surface area contributed by atoms with Crippen molar-refractivity contribution in [2.75, 3.05) is 6.54 Å². The first kappa shape index (κ1) is 20.3. The summed E-state index contributed by atoms with van der Waals surface area (Å²) in [6.07, 6.45) is 1.82. The largest absolute Gasteiger partial charge is 0.481 e. The molecule has 150 valence electrons. The van der Waals surface area contributed by atoms with Gasteiger partial charge in [0.05, 0.1) is 17.2 Å². The lowest BCUT2D eigenvalue weighted by Gasteiger charge is -2.14. The van der Waals surface area contributed by atoms with Crippen LogP contribution in [0, 0.1) is 26.7 Å². The van der Waals surface area contributed by atoms with Crippen LogP contribution in [0.2, 0.25) is 0 Å². The molecule has 0 saturated carbocycles. The van der Waals surface area contributed by atoms with E-state index in [1.165, 1.54) is 6.20 Å². The number of nitrogens with one attached hydrogen (secondary N) is 1. The molecule has 1 aromatic carbocycles. The number of carbonyl (C=O) groups is 2. The first-order chi connectivity index (χ1) is 13.8. The van der Waals surface area contributed by atoms with Crippen LogP contribution in [0.3, 0.4) is 0 Å². The first-order valence-electron chi connectivity index (χ1n) is 9.39. The molecule has 1 amide bonds. The van der Waals surface area contributed by atoms with Gasteiger partial charge in [-0.3, -0.25) is 9.59 Å². The highest BCUT2D eigenvalue weighted by atomic mass is 16.4. The number of amides is 1. The minimum absolute atomic E-state index is 0.0430. The summed E-state index contributed by atoms with van der Waals surface area (Å²) in [7, 11) is 0. The van der Waals surface area contributed by atoms with Gasteiger partial charge in [-0.05, 0) is 51.0 Å². The number of benzene rings is 1. The molecule has 2 heterocycles. The Morgan fingerprint density at radius 3 is 2.52 bits per heavy atom. The summed E-state index contributed by atoms with van der Waals surface area (Å²) in [5, 5.41) is 16.6. The molecule has 7 nitrogen and oxygen atoms in total. The molecule has 0 radical (unpaired) electrons. The Kier molecular flexibility index (Phi) is 6.07. The standard InChI is InChI=1S/C22H24N4O3/c1-14-5-4-6-17(9-14)11-19(22(28)29)13-24-21(27)18-7-8-20(23-12-18)26-16(3)10-15(2)25-26/h4-10,12,19H,11,13H2,1-3H3,(H,24,27)(H,28,29). The zero-order chi connectivity index (χ0) is 21.0. The van der Waals surface area contributed by atoms with Crippen LogP contribution in [0.25, 0.3) is 5.82 Å². The van der Waals surface area contributed by atoms with Crippen LogP contribution in [0.5, 0.6) is 0 Å². The normalized spacial score (nSPS) is 11.8. The minimum Gasteiger partial charge on any atom is -0.481 e. The van der Waals surface area contributed by atoms with Crippen molar-refractivity contribution in [3.63, 3.8) is 0 Å². The monoisotopic (exact) mass is 392 g/mol. The van der Waals surface area contributed by atoms with E-state index in [4.69, 9.17) is 0 Å². The molecule has 0 fully saturated rings. The van der Waals surface area contributed by atoms with Gasteiger partial charge in [0, 0.05) is 18.4 Å². The van der Waals surface area contributed by atoms with Crippen LogP contribution in [0.4, 0.5) is 0 Å². The third-order valence-electron chi connectivity index (χ3n) is 4.66. The van der Waals surface area contributed by atoms with E-state index < -0.39 is 11.9 Å². The number of rotatable bonds is 7. The summed E-state index contributed by atoms with van der Waals surface area (Å²) < 4.78 is 1.71. The summed E-state index contributed by atoms with van der Waals surface area (Å²) >= 11 is 0. The predicted molar refractivity (Wildman–Crippen MR) is 109 cm³/mol. The summed E-state index contributed by atoms with van der Waals surface area (Å²) in [5.74, 6) is -1.38. The number of carboxylic acid groups (broad SMARTS) is 1. The molecular formula is C22H24N4O3. The van der Waals surface area contributed by atoms with E-state index in [0.29, 0.717) is 17.8 Å². The molecule has 3 aromatic rings. The third kappa shape index (κ3) is 5.07. The number of aromatic nitrogens is 3. The minimum atomic E-state index is -0.940. The number of hydrogen-bond acceptors (Lipinski definition) is 4. The Morgan fingerprint density at radius 2 is 1.93 bits per heavy atom. The average molecular weight is 392 g/mol. The van der Waals surface area contributed by atoms with Crippen LogP contribution >= 0.6 is 0 Å². The average Bonchev–Trinajstić information content (AvgIpc) is 3.03. The zero-order valence-electron chi connectivity index (χ0n) is 16.7. The summed E-state index contributed by atoms with van der Waals surface area (Å²) in [5.41, 5.74) is 4.22. The van der Waals surface area contributed by atoms with E-state index in [-0.39, 0.29) is 12.5 Å². The van der Waals surface area contributed by atoms with Crippen molar-refractivity contribution in [1.82, 2.24) is 20.1 Å². The number of aryl methyl sites for hydroxylation is 3. The van der Waals surface area contributed by atoms with Gasteiger partial charge in [0.2, 0.25) is 0 Å². The van der Waals surface area contributed by atoms with Gasteiger partial charge in [0.1, 0.15) is 0 Å². The number of hydrogen-bond donors (Lipinski definition) is 2. The van der Waals surface area contributed by atoms with E-state index in [1.54, 1.807) is 16.8 Å². The van der Waals surface area contributed by atoms with E-state index in [9.17, 15) is 14.7 Å². The van der Waals surface area contributed by atoms with Crippen LogP contribution in [0.1, 0.15) is 32.9 Å². The highest BCUT2D eigenvalue weighted by Crippen LogP contribution is 2.12. The smallest absolute Gasteiger partial charge is 0.308 e. The number of carboxylic acids is 1. The fourth-order valence-electron chi connectivity index (χ4n) is 3.19. The molecule has 7 heteroatoms. The molecule has 0 aliphatic carbocycles. The summed E-state index contributed by atoms with van der Waals surface area (Å²) in [4.78, 5) is 28.3. The predicted octanol–water partition coefficient (Wildman–Crippen LogP) is 2.87. The van der Waals surface area contributed by atoms with Crippen LogP contribution < -0.4 is 5.32 Å². The summed E-state index contributed by atoms with van der Waals surface area (Å²) in [6.45, 7) is 5.84. The number of aliphatic carboxylic acids is 1. The molecule has 3 rings (SSSR count). The van der Waals surface area contributed by atoms with Gasteiger partial charge in [-0.15, -0.1) is 0 Å². The van der Waals surface area contributed by atoms with E-state index in [0.717, 1.165) is 22.5 Å². The van der Waals surface area contributed by atoms with Crippen molar-refractivity contribution >= 4 is 11.9 Å². The fraction of sp³-hybridized carbons (Fsp3) is 0.273. The maximum Gasteiger partial charge on any atom is 0.308 e. The topological polar surface area (TPSA) is 97.1 Å². The van der Waals surface area contributed by atoms with Crippen LogP contribution in [-0.2, 0) is 11.2 Å². The van der Waals surface area contributed by atoms with Crippen molar-refractivity contribution in [3.05, 3.63) is 76.7 Å². The molecule has 29 heavy (non-hydrogen) atoms. The Morgan fingerprint density at radius 1 is 1.14 bits per heavy atom. The van der Waals surface area contributed by atoms with Crippen LogP contribution in [0.15, 0.2) is 48.7 Å². The van der Waals surface area contributed by atoms with E-state index in [1.807, 2.05) is 51.1 Å². The third-order valence-corrected chi connectivity index (χ3v) is 4.66. The zero-order valence-corrected chi connectivity index (χ0v) is 16.7. The van der Waals surface area contributed by atoms with Gasteiger partial charge in [-0.2, -0.15) is 5.10 Å². The molecule has 0 bridgehead atoms. The van der Waals surface area contributed by atoms with Crippen molar-refractivity contribution in [2.24, 2.45) is 5.92 Å². The lowest BCUT2D eigenvalue weighted by atomic mass is 9.98. The maximum atomic E-state index is 12.4. The lowest BCUT2D eigenvalue weighted by molar-refractivity contribution is -0.141. The molecule has 0 spiro atoms. The van der Waals surface area contributed by atoms with Crippen LogP contribution in [-0.4, -0.2) is 38.3 Å². The summed E-state index contributed by atoms with van der Waals surface area (Å²) in [6, 6.07) is 13.0.